The number of nitrogens with zero attached hydrogens (tertiary/aromatic N) is 2. The minimum atomic E-state index is 0.789. The molecule has 0 saturated carbocycles. The third-order valence-corrected chi connectivity index (χ3v) is 3.59. The molecule has 20 heavy (non-hydrogen) atoms. The second-order valence-electron chi connectivity index (χ2n) is 4.96. The molecule has 2 rings (SSSR count). The molecule has 1 aromatic carbocycles. The summed E-state index contributed by atoms with van der Waals surface area (Å²) in [6, 6.07) is 8.67. The normalized spacial score (nSPS) is 15.1. The van der Waals surface area contributed by atoms with Crippen LogP contribution in [-0.2, 0) is 17.7 Å². The maximum Gasteiger partial charge on any atom is 0.193 e. The highest BCUT2D eigenvalue weighted by molar-refractivity contribution is 5.80. The molecule has 4 heteroatoms. The van der Waals surface area contributed by atoms with Crippen molar-refractivity contribution < 1.29 is 4.74 Å². The number of guanidine groups is 1. The zero-order valence-corrected chi connectivity index (χ0v) is 12.6. The Morgan fingerprint density at radius 1 is 1.35 bits per heavy atom. The van der Waals surface area contributed by atoms with E-state index in [1.165, 1.54) is 11.1 Å². The fourth-order valence-corrected chi connectivity index (χ4v) is 2.53. The van der Waals surface area contributed by atoms with E-state index < -0.39 is 0 Å². The maximum atomic E-state index is 5.35. The number of nitrogens with one attached hydrogen (secondary N) is 1. The van der Waals surface area contributed by atoms with Gasteiger partial charge in [-0.2, -0.15) is 0 Å². The molecule has 0 fully saturated rings. The minimum absolute atomic E-state index is 0.789. The lowest BCUT2D eigenvalue weighted by molar-refractivity contribution is 0.145. The summed E-state index contributed by atoms with van der Waals surface area (Å²) in [7, 11) is 1.85. The Hall–Kier alpha value is -1.55. The molecule has 0 atom stereocenters. The van der Waals surface area contributed by atoms with Crippen LogP contribution in [0.1, 0.15) is 24.5 Å². The lowest BCUT2D eigenvalue weighted by atomic mass is 10.0. The van der Waals surface area contributed by atoms with Crippen LogP contribution in [-0.4, -0.2) is 44.2 Å². The number of fused-ring (bicyclic) bond motifs is 1. The molecule has 0 aromatic heterocycles. The van der Waals surface area contributed by atoms with E-state index in [0.29, 0.717) is 0 Å². The first-order valence-corrected chi connectivity index (χ1v) is 7.45. The fourth-order valence-electron chi connectivity index (χ4n) is 2.53. The molecule has 1 N–H and O–H groups in total. The number of hydrogen-bond acceptors (Lipinski definition) is 2. The van der Waals surface area contributed by atoms with Crippen molar-refractivity contribution >= 4 is 5.96 Å². The molecular formula is C16H25N3O. The van der Waals surface area contributed by atoms with Crippen LogP contribution < -0.4 is 5.32 Å². The summed E-state index contributed by atoms with van der Waals surface area (Å²) in [5, 5.41) is 3.42. The summed E-state index contributed by atoms with van der Waals surface area (Å²) in [6.07, 6.45) is 2.10. The Morgan fingerprint density at radius 2 is 2.15 bits per heavy atom. The molecule has 1 aliphatic rings. The Bertz CT molecular complexity index is 445. The van der Waals surface area contributed by atoms with E-state index in [2.05, 4.69) is 39.5 Å². The highest BCUT2D eigenvalue weighted by Crippen LogP contribution is 2.18. The van der Waals surface area contributed by atoms with Crippen molar-refractivity contribution in [3.8, 4) is 0 Å². The van der Waals surface area contributed by atoms with Crippen LogP contribution in [0, 0.1) is 0 Å². The molecule has 1 aromatic rings. The number of benzene rings is 1. The smallest absolute Gasteiger partial charge is 0.193 e. The molecule has 1 heterocycles. The van der Waals surface area contributed by atoms with Gasteiger partial charge < -0.3 is 15.0 Å². The number of hydrogen-bond donors (Lipinski definition) is 1. The van der Waals surface area contributed by atoms with E-state index in [-0.39, 0.29) is 0 Å². The zero-order valence-electron chi connectivity index (χ0n) is 12.6. The van der Waals surface area contributed by atoms with Crippen molar-refractivity contribution in [3.05, 3.63) is 35.4 Å². The van der Waals surface area contributed by atoms with E-state index >= 15 is 0 Å². The van der Waals surface area contributed by atoms with Crippen molar-refractivity contribution in [2.75, 3.05) is 33.4 Å². The summed E-state index contributed by atoms with van der Waals surface area (Å²) in [5.74, 6) is 0.996. The third kappa shape index (κ3) is 3.97. The van der Waals surface area contributed by atoms with Gasteiger partial charge in [0.05, 0.1) is 0 Å². The van der Waals surface area contributed by atoms with E-state index in [9.17, 15) is 0 Å². The van der Waals surface area contributed by atoms with Gasteiger partial charge in [-0.05, 0) is 30.9 Å². The maximum absolute atomic E-state index is 5.35. The third-order valence-electron chi connectivity index (χ3n) is 3.59. The molecule has 110 valence electrons. The van der Waals surface area contributed by atoms with Crippen molar-refractivity contribution in [2.24, 2.45) is 4.99 Å². The van der Waals surface area contributed by atoms with Gasteiger partial charge in [0.1, 0.15) is 0 Å². The number of aliphatic imine (C=N–C) groups is 1. The molecule has 0 spiro atoms. The minimum Gasteiger partial charge on any atom is -0.382 e. The summed E-state index contributed by atoms with van der Waals surface area (Å²) in [5.41, 5.74) is 2.88. The van der Waals surface area contributed by atoms with E-state index in [4.69, 9.17) is 4.74 Å². The van der Waals surface area contributed by atoms with Crippen molar-refractivity contribution in [1.29, 1.82) is 0 Å². The molecular weight excluding hydrogens is 250 g/mol. The fraction of sp³-hybridized carbons (Fsp3) is 0.562. The van der Waals surface area contributed by atoms with Crippen molar-refractivity contribution in [2.45, 2.75) is 26.3 Å². The van der Waals surface area contributed by atoms with Crippen molar-refractivity contribution in [3.63, 3.8) is 0 Å². The van der Waals surface area contributed by atoms with Gasteiger partial charge in [0, 0.05) is 39.9 Å². The lowest BCUT2D eigenvalue weighted by Crippen LogP contribution is -2.44. The summed E-state index contributed by atoms with van der Waals surface area (Å²) < 4.78 is 5.35. The second kappa shape index (κ2) is 7.90. The first kappa shape index (κ1) is 14.9. The molecule has 0 bridgehead atoms. The molecule has 4 nitrogen and oxygen atoms in total. The van der Waals surface area contributed by atoms with E-state index in [1.807, 2.05) is 14.0 Å². The van der Waals surface area contributed by atoms with Crippen LogP contribution in [0.3, 0.4) is 0 Å². The van der Waals surface area contributed by atoms with Crippen LogP contribution in [0.5, 0.6) is 0 Å². The highest BCUT2D eigenvalue weighted by Gasteiger charge is 2.18. The summed E-state index contributed by atoms with van der Waals surface area (Å²) in [6.45, 7) is 6.51. The first-order valence-electron chi connectivity index (χ1n) is 7.45. The summed E-state index contributed by atoms with van der Waals surface area (Å²) in [4.78, 5) is 6.72. The largest absolute Gasteiger partial charge is 0.382 e. The molecule has 0 radical (unpaired) electrons. The van der Waals surface area contributed by atoms with E-state index in [0.717, 1.165) is 51.6 Å². The Labute approximate surface area is 121 Å². The Kier molecular flexibility index (Phi) is 5.87. The molecule has 1 aliphatic heterocycles. The SMILES string of the molecule is CCOCCCNC(=NC)N1CCc2ccccc2C1. The predicted octanol–water partition coefficient (Wildman–Crippen LogP) is 2.05. The molecule has 0 unspecified atom stereocenters. The van der Waals surface area contributed by atoms with Gasteiger partial charge in [0.15, 0.2) is 5.96 Å². The Morgan fingerprint density at radius 3 is 2.90 bits per heavy atom. The van der Waals surface area contributed by atoms with Gasteiger partial charge in [-0.3, -0.25) is 4.99 Å². The first-order chi connectivity index (χ1) is 9.85. The lowest BCUT2D eigenvalue weighted by Gasteiger charge is -2.31. The summed E-state index contributed by atoms with van der Waals surface area (Å²) >= 11 is 0. The second-order valence-corrected chi connectivity index (χ2v) is 4.96. The average Bonchev–Trinajstić information content (AvgIpc) is 2.50. The van der Waals surface area contributed by atoms with Gasteiger partial charge in [0.25, 0.3) is 0 Å². The molecule has 0 saturated heterocycles. The van der Waals surface area contributed by atoms with Gasteiger partial charge in [-0.15, -0.1) is 0 Å². The van der Waals surface area contributed by atoms with Crippen LogP contribution in [0.25, 0.3) is 0 Å². The molecule has 0 amide bonds. The number of rotatable bonds is 5. The van der Waals surface area contributed by atoms with Crippen LogP contribution in [0.4, 0.5) is 0 Å². The monoisotopic (exact) mass is 275 g/mol. The highest BCUT2D eigenvalue weighted by atomic mass is 16.5. The van der Waals surface area contributed by atoms with Gasteiger partial charge in [-0.25, -0.2) is 0 Å². The van der Waals surface area contributed by atoms with E-state index in [1.54, 1.807) is 0 Å². The van der Waals surface area contributed by atoms with Crippen LogP contribution >= 0.6 is 0 Å². The predicted molar refractivity (Wildman–Crippen MR) is 83.0 cm³/mol. The average molecular weight is 275 g/mol. The van der Waals surface area contributed by atoms with Gasteiger partial charge >= 0.3 is 0 Å². The Balaban J connectivity index is 1.84. The van der Waals surface area contributed by atoms with Crippen molar-refractivity contribution in [1.82, 2.24) is 10.2 Å². The van der Waals surface area contributed by atoms with Gasteiger partial charge in [0.2, 0.25) is 0 Å². The topological polar surface area (TPSA) is 36.9 Å². The van der Waals surface area contributed by atoms with Gasteiger partial charge in [-0.1, -0.05) is 24.3 Å². The number of ether oxygens (including phenoxy) is 1. The van der Waals surface area contributed by atoms with Crippen LogP contribution in [0.2, 0.25) is 0 Å². The molecule has 0 aliphatic carbocycles. The standard InChI is InChI=1S/C16H25N3O/c1-3-20-12-6-10-18-16(17-2)19-11-9-14-7-4-5-8-15(14)13-19/h4-5,7-8H,3,6,9-13H2,1-2H3,(H,17,18). The quantitative estimate of drug-likeness (QED) is 0.507. The van der Waals surface area contributed by atoms with Crippen LogP contribution in [0.15, 0.2) is 29.3 Å². The zero-order chi connectivity index (χ0) is 14.2.